The van der Waals surface area contributed by atoms with E-state index >= 15 is 0 Å². The summed E-state index contributed by atoms with van der Waals surface area (Å²) in [5, 5.41) is 12.5. The van der Waals surface area contributed by atoms with Gasteiger partial charge in [0.15, 0.2) is 0 Å². The van der Waals surface area contributed by atoms with Crippen LogP contribution in [-0.2, 0) is 24.1 Å². The van der Waals surface area contributed by atoms with Gasteiger partial charge in [-0.25, -0.2) is 19.2 Å². The molecule has 0 radical (unpaired) electrons. The van der Waals surface area contributed by atoms with E-state index < -0.39 is 11.9 Å². The van der Waals surface area contributed by atoms with Crippen molar-refractivity contribution >= 4 is 17.6 Å². The number of carbonyl (C=O) groups excluding carboxylic acids is 1. The van der Waals surface area contributed by atoms with E-state index in [-0.39, 0.29) is 17.7 Å². The van der Waals surface area contributed by atoms with Gasteiger partial charge in [-0.2, -0.15) is 0 Å². The van der Waals surface area contributed by atoms with Crippen molar-refractivity contribution in [1.29, 1.82) is 0 Å². The summed E-state index contributed by atoms with van der Waals surface area (Å²) in [5.74, 6) is 0.794. The molecule has 2 aliphatic rings. The van der Waals surface area contributed by atoms with Gasteiger partial charge in [-0.05, 0) is 48.4 Å². The van der Waals surface area contributed by atoms with Crippen LogP contribution < -0.4 is 5.32 Å². The van der Waals surface area contributed by atoms with Crippen LogP contribution in [0.15, 0.2) is 24.4 Å². The van der Waals surface area contributed by atoms with Crippen molar-refractivity contribution in [2.75, 3.05) is 26.4 Å². The molecule has 4 rings (SSSR count). The molecule has 0 unspecified atom stereocenters. The molecule has 1 atom stereocenters. The molecule has 1 saturated heterocycles. The van der Waals surface area contributed by atoms with Crippen LogP contribution in [0, 0.1) is 11.7 Å². The van der Waals surface area contributed by atoms with Gasteiger partial charge in [0.2, 0.25) is 0 Å². The summed E-state index contributed by atoms with van der Waals surface area (Å²) in [6.45, 7) is 2.16. The number of hydrogen-bond donors (Lipinski definition) is 2. The number of halogens is 2. The zero-order valence-electron chi connectivity index (χ0n) is 17.2. The van der Waals surface area contributed by atoms with Gasteiger partial charge in [0.25, 0.3) is 0 Å². The third kappa shape index (κ3) is 5.31. The number of carbonyl (C=O) groups is 1. The average molecular weight is 449 g/mol. The van der Waals surface area contributed by atoms with Gasteiger partial charge < -0.3 is 20.1 Å². The normalized spacial score (nSPS) is 17.8. The Morgan fingerprint density at radius 3 is 2.94 bits per heavy atom. The van der Waals surface area contributed by atoms with Crippen molar-refractivity contribution in [3.63, 3.8) is 0 Å². The van der Waals surface area contributed by atoms with Crippen molar-refractivity contribution in [2.24, 2.45) is 5.92 Å². The summed E-state index contributed by atoms with van der Waals surface area (Å²) in [6.07, 6.45) is 5.41. The van der Waals surface area contributed by atoms with Gasteiger partial charge in [-0.1, -0.05) is 17.7 Å². The van der Waals surface area contributed by atoms with Crippen LogP contribution in [0.4, 0.5) is 9.18 Å². The molecule has 0 bridgehead atoms. The second-order valence-corrected chi connectivity index (χ2v) is 8.45. The number of nitrogens with one attached hydrogen (secondary N) is 1. The Morgan fingerprint density at radius 2 is 2.19 bits per heavy atom. The molecule has 2 aromatic rings. The molecule has 3 heterocycles. The molecule has 0 aliphatic carbocycles. The number of aliphatic hydroxyl groups excluding tert-OH is 1. The first-order valence-corrected chi connectivity index (χ1v) is 10.9. The summed E-state index contributed by atoms with van der Waals surface area (Å²) in [6, 6.07) is 3.15. The molecule has 0 spiro atoms. The summed E-state index contributed by atoms with van der Waals surface area (Å²) in [4.78, 5) is 23.8. The predicted molar refractivity (Wildman–Crippen MR) is 113 cm³/mol. The van der Waals surface area contributed by atoms with Crippen molar-refractivity contribution in [3.05, 3.63) is 57.9 Å². The van der Waals surface area contributed by atoms with Crippen LogP contribution in [-0.4, -0.2) is 52.4 Å². The van der Waals surface area contributed by atoms with E-state index in [0.29, 0.717) is 31.0 Å². The maximum absolute atomic E-state index is 13.4. The molecule has 9 heteroatoms. The van der Waals surface area contributed by atoms with Crippen LogP contribution in [0.2, 0.25) is 5.02 Å². The van der Waals surface area contributed by atoms with E-state index in [9.17, 15) is 14.3 Å². The van der Waals surface area contributed by atoms with Gasteiger partial charge in [0.1, 0.15) is 11.6 Å². The Morgan fingerprint density at radius 1 is 1.39 bits per heavy atom. The Kier molecular flexibility index (Phi) is 6.99. The minimum atomic E-state index is -0.679. The molecule has 31 heavy (non-hydrogen) atoms. The van der Waals surface area contributed by atoms with E-state index in [0.717, 1.165) is 49.6 Å². The van der Waals surface area contributed by atoms with Crippen LogP contribution >= 0.6 is 11.6 Å². The highest BCUT2D eigenvalue weighted by Gasteiger charge is 2.25. The summed E-state index contributed by atoms with van der Waals surface area (Å²) in [5.41, 5.74) is 2.47. The summed E-state index contributed by atoms with van der Waals surface area (Å²) >= 11 is 5.84. The van der Waals surface area contributed by atoms with Crippen molar-refractivity contribution < 1.29 is 19.0 Å². The molecular weight excluding hydrogens is 423 g/mol. The number of benzene rings is 1. The Labute approximate surface area is 185 Å². The third-order valence-electron chi connectivity index (χ3n) is 5.92. The lowest BCUT2D eigenvalue weighted by Gasteiger charge is -2.30. The zero-order chi connectivity index (χ0) is 21.8. The standard InChI is InChI=1S/C22H26ClFN4O3/c23-17-10-15(1-2-18(17)24)20(13-29)27-22(30)28-6-3-16-11-25-21(26-19(16)12-28)9-14-4-7-31-8-5-14/h1-2,10-11,14,20,29H,3-9,12-13H2,(H,27,30)/t20-/m1/s1. The average Bonchev–Trinajstić information content (AvgIpc) is 2.79. The molecule has 0 saturated carbocycles. The molecule has 1 aromatic carbocycles. The third-order valence-corrected chi connectivity index (χ3v) is 6.21. The van der Waals surface area contributed by atoms with E-state index in [1.807, 2.05) is 6.20 Å². The van der Waals surface area contributed by atoms with Gasteiger partial charge in [0.05, 0.1) is 29.9 Å². The van der Waals surface area contributed by atoms with Crippen LogP contribution in [0.5, 0.6) is 0 Å². The highest BCUT2D eigenvalue weighted by Crippen LogP contribution is 2.23. The fourth-order valence-corrected chi connectivity index (χ4v) is 4.22. The molecular formula is C22H26ClFN4O3. The largest absolute Gasteiger partial charge is 0.394 e. The zero-order valence-corrected chi connectivity index (χ0v) is 17.9. The second kappa shape index (κ2) is 9.89. The van der Waals surface area contributed by atoms with Gasteiger partial charge in [0, 0.05) is 32.4 Å². The summed E-state index contributed by atoms with van der Waals surface area (Å²) in [7, 11) is 0. The van der Waals surface area contributed by atoms with Crippen LogP contribution in [0.1, 0.15) is 41.5 Å². The number of amides is 2. The molecule has 2 aliphatic heterocycles. The molecule has 1 fully saturated rings. The van der Waals surface area contributed by atoms with Gasteiger partial charge >= 0.3 is 6.03 Å². The predicted octanol–water partition coefficient (Wildman–Crippen LogP) is 3.04. The SMILES string of the molecule is O=C(N[C@H](CO)c1ccc(F)c(Cl)c1)N1CCc2cnc(CC3CCOCC3)nc2C1. The maximum Gasteiger partial charge on any atom is 0.318 e. The molecule has 1 aromatic heterocycles. The first kappa shape index (κ1) is 21.9. The number of aromatic nitrogens is 2. The van der Waals surface area contributed by atoms with Crippen LogP contribution in [0.25, 0.3) is 0 Å². The quantitative estimate of drug-likeness (QED) is 0.734. The van der Waals surface area contributed by atoms with E-state index in [1.54, 1.807) is 4.90 Å². The Bertz CT molecular complexity index is 939. The molecule has 166 valence electrons. The van der Waals surface area contributed by atoms with Crippen molar-refractivity contribution in [3.8, 4) is 0 Å². The molecule has 2 amide bonds. The summed E-state index contributed by atoms with van der Waals surface area (Å²) < 4.78 is 18.9. The molecule has 2 N–H and O–H groups in total. The number of hydrogen-bond acceptors (Lipinski definition) is 5. The van der Waals surface area contributed by atoms with E-state index in [1.165, 1.54) is 18.2 Å². The van der Waals surface area contributed by atoms with Gasteiger partial charge in [-0.15, -0.1) is 0 Å². The maximum atomic E-state index is 13.4. The smallest absolute Gasteiger partial charge is 0.318 e. The van der Waals surface area contributed by atoms with Crippen LogP contribution in [0.3, 0.4) is 0 Å². The first-order valence-electron chi connectivity index (χ1n) is 10.6. The number of nitrogens with zero attached hydrogens (tertiary/aromatic N) is 3. The fourth-order valence-electron chi connectivity index (χ4n) is 4.03. The number of urea groups is 1. The minimum absolute atomic E-state index is 0.0501. The lowest BCUT2D eigenvalue weighted by Crippen LogP contribution is -2.45. The van der Waals surface area contributed by atoms with E-state index in [4.69, 9.17) is 21.3 Å². The highest BCUT2D eigenvalue weighted by atomic mass is 35.5. The monoisotopic (exact) mass is 448 g/mol. The number of aliphatic hydroxyl groups is 1. The number of ether oxygens (including phenoxy) is 1. The highest BCUT2D eigenvalue weighted by molar-refractivity contribution is 6.30. The lowest BCUT2D eigenvalue weighted by molar-refractivity contribution is 0.0659. The number of fused-ring (bicyclic) bond motifs is 1. The van der Waals surface area contributed by atoms with E-state index in [2.05, 4.69) is 10.3 Å². The number of rotatable bonds is 5. The van der Waals surface area contributed by atoms with Gasteiger partial charge in [-0.3, -0.25) is 0 Å². The topological polar surface area (TPSA) is 87.6 Å². The molecule has 7 nitrogen and oxygen atoms in total. The minimum Gasteiger partial charge on any atom is -0.394 e. The van der Waals surface area contributed by atoms with Crippen molar-refractivity contribution in [1.82, 2.24) is 20.2 Å². The Balaban J connectivity index is 1.41. The lowest BCUT2D eigenvalue weighted by atomic mass is 9.96. The fraction of sp³-hybridized carbons (Fsp3) is 0.500. The Hall–Kier alpha value is -2.29. The second-order valence-electron chi connectivity index (χ2n) is 8.05. The first-order chi connectivity index (χ1) is 15.0. The van der Waals surface area contributed by atoms with Crippen molar-refractivity contribution in [2.45, 2.75) is 38.3 Å².